The fraction of sp³-hybridized carbons (Fsp3) is 0.773. The van der Waals surface area contributed by atoms with E-state index in [1.807, 2.05) is 12.3 Å². The molecule has 2 atom stereocenters. The lowest BCUT2D eigenvalue weighted by atomic mass is 9.82. The lowest BCUT2D eigenvalue weighted by molar-refractivity contribution is -0.135. The van der Waals surface area contributed by atoms with E-state index in [1.54, 1.807) is 0 Å². The molecule has 1 amide bonds. The van der Waals surface area contributed by atoms with Crippen molar-refractivity contribution in [3.63, 3.8) is 0 Å². The summed E-state index contributed by atoms with van der Waals surface area (Å²) < 4.78 is 0. The molecule has 2 unspecified atom stereocenters. The summed E-state index contributed by atoms with van der Waals surface area (Å²) in [7, 11) is 0. The highest BCUT2D eigenvalue weighted by molar-refractivity contribution is 5.79. The smallest absolute Gasteiger partial charge is 0.225 e. The summed E-state index contributed by atoms with van der Waals surface area (Å²) in [6.45, 7) is 10.3. The number of amides is 1. The van der Waals surface area contributed by atoms with Crippen molar-refractivity contribution in [3.8, 4) is 0 Å². The molecule has 1 aromatic rings. The van der Waals surface area contributed by atoms with E-state index in [2.05, 4.69) is 35.6 Å². The molecule has 5 heteroatoms. The average Bonchev–Trinajstić information content (AvgIpc) is 3.11. The first-order chi connectivity index (χ1) is 12.9. The van der Waals surface area contributed by atoms with Gasteiger partial charge in [-0.2, -0.15) is 0 Å². The third-order valence-electron chi connectivity index (χ3n) is 6.77. The molecule has 3 fully saturated rings. The number of carbonyl (C=O) groups is 1. The second kappa shape index (κ2) is 7.40. The Labute approximate surface area is 163 Å². The summed E-state index contributed by atoms with van der Waals surface area (Å²) in [5.41, 5.74) is -0.0448. The molecule has 0 radical (unpaired) electrons. The van der Waals surface area contributed by atoms with Crippen LogP contribution in [0.1, 0.15) is 65.1 Å². The van der Waals surface area contributed by atoms with Crippen LogP contribution in [-0.4, -0.2) is 47.0 Å². The number of likely N-dealkylation sites (tertiary alicyclic amines) is 1. The number of piperidine rings is 1. The highest BCUT2D eigenvalue weighted by Gasteiger charge is 2.39. The van der Waals surface area contributed by atoms with Gasteiger partial charge < -0.3 is 9.80 Å². The minimum Gasteiger partial charge on any atom is -0.356 e. The summed E-state index contributed by atoms with van der Waals surface area (Å²) in [6, 6.07) is 2.00. The summed E-state index contributed by atoms with van der Waals surface area (Å²) in [5.74, 6) is 4.07. The molecule has 0 N–H and O–H groups in total. The van der Waals surface area contributed by atoms with Gasteiger partial charge >= 0.3 is 0 Å². The number of fused-ring (bicyclic) bond motifs is 1. The first-order valence-electron chi connectivity index (χ1n) is 10.8. The van der Waals surface area contributed by atoms with Gasteiger partial charge in [0.15, 0.2) is 0 Å². The predicted octanol–water partition coefficient (Wildman–Crippen LogP) is 3.64. The van der Waals surface area contributed by atoms with Crippen LogP contribution in [0.5, 0.6) is 0 Å². The van der Waals surface area contributed by atoms with E-state index >= 15 is 0 Å². The van der Waals surface area contributed by atoms with E-state index in [9.17, 15) is 4.79 Å². The second-order valence-electron chi connectivity index (χ2n) is 9.80. The summed E-state index contributed by atoms with van der Waals surface area (Å²) in [5, 5.41) is 0. The van der Waals surface area contributed by atoms with Crippen LogP contribution >= 0.6 is 0 Å². The van der Waals surface area contributed by atoms with Crippen molar-refractivity contribution >= 4 is 11.7 Å². The van der Waals surface area contributed by atoms with Gasteiger partial charge in [0, 0.05) is 43.7 Å². The maximum Gasteiger partial charge on any atom is 0.225 e. The van der Waals surface area contributed by atoms with E-state index < -0.39 is 0 Å². The van der Waals surface area contributed by atoms with E-state index in [4.69, 9.17) is 4.98 Å². The molecule has 0 bridgehead atoms. The van der Waals surface area contributed by atoms with E-state index in [0.29, 0.717) is 5.91 Å². The standard InChI is InChI=1S/C22H34N4O/c1-22(2,3)21-23-11-8-19(24-21)25-12-9-16(10-13-25)20(27)26-14-17-6-4-5-7-18(17)15-26/h8,11,16-18H,4-7,9-10,12-15H2,1-3H3. The van der Waals surface area contributed by atoms with Gasteiger partial charge in [-0.25, -0.2) is 9.97 Å². The number of hydrogen-bond acceptors (Lipinski definition) is 4. The van der Waals surface area contributed by atoms with Crippen molar-refractivity contribution in [2.75, 3.05) is 31.1 Å². The molecule has 5 nitrogen and oxygen atoms in total. The summed E-state index contributed by atoms with van der Waals surface area (Å²) in [4.78, 5) is 26.8. The van der Waals surface area contributed by atoms with E-state index in [1.165, 1.54) is 25.7 Å². The Morgan fingerprint density at radius 1 is 1.04 bits per heavy atom. The highest BCUT2D eigenvalue weighted by Crippen LogP contribution is 2.37. The Bertz CT molecular complexity index is 661. The maximum absolute atomic E-state index is 13.1. The second-order valence-corrected chi connectivity index (χ2v) is 9.80. The van der Waals surface area contributed by atoms with Crippen LogP contribution in [0.4, 0.5) is 5.82 Å². The Hall–Kier alpha value is -1.65. The number of nitrogens with zero attached hydrogens (tertiary/aromatic N) is 4. The molecule has 148 valence electrons. The molecule has 1 aromatic heterocycles. The Morgan fingerprint density at radius 2 is 1.67 bits per heavy atom. The van der Waals surface area contributed by atoms with Crippen molar-refractivity contribution in [1.29, 1.82) is 0 Å². The largest absolute Gasteiger partial charge is 0.356 e. The molecule has 3 heterocycles. The van der Waals surface area contributed by atoms with Gasteiger partial charge in [-0.15, -0.1) is 0 Å². The lowest BCUT2D eigenvalue weighted by Gasteiger charge is -2.34. The van der Waals surface area contributed by atoms with E-state index in [-0.39, 0.29) is 11.3 Å². The van der Waals surface area contributed by atoms with Crippen LogP contribution < -0.4 is 4.90 Å². The van der Waals surface area contributed by atoms with Crippen LogP contribution in [0.15, 0.2) is 12.3 Å². The lowest BCUT2D eigenvalue weighted by Crippen LogP contribution is -2.42. The number of rotatable bonds is 2. The normalized spacial score (nSPS) is 26.9. The van der Waals surface area contributed by atoms with Crippen LogP contribution in [0.3, 0.4) is 0 Å². The van der Waals surface area contributed by atoms with Crippen LogP contribution in [0.25, 0.3) is 0 Å². The Morgan fingerprint density at radius 3 is 2.26 bits per heavy atom. The molecule has 2 aliphatic heterocycles. The first-order valence-corrected chi connectivity index (χ1v) is 10.8. The van der Waals surface area contributed by atoms with Crippen LogP contribution in [0, 0.1) is 17.8 Å². The van der Waals surface area contributed by atoms with Gasteiger partial charge in [0.2, 0.25) is 5.91 Å². The van der Waals surface area contributed by atoms with Gasteiger partial charge in [0.1, 0.15) is 11.6 Å². The third kappa shape index (κ3) is 3.97. The first kappa shape index (κ1) is 18.7. The number of hydrogen-bond donors (Lipinski definition) is 0. The van der Waals surface area contributed by atoms with Crippen molar-refractivity contribution < 1.29 is 4.79 Å². The van der Waals surface area contributed by atoms with Gasteiger partial charge in [0.25, 0.3) is 0 Å². The minimum atomic E-state index is -0.0448. The number of carbonyl (C=O) groups excluding carboxylic acids is 1. The Balaban J connectivity index is 1.34. The fourth-order valence-corrected chi connectivity index (χ4v) is 5.09. The molecule has 4 rings (SSSR count). The summed E-state index contributed by atoms with van der Waals surface area (Å²) in [6.07, 6.45) is 9.13. The van der Waals surface area contributed by atoms with Gasteiger partial charge in [-0.05, 0) is 43.6 Å². The molecule has 27 heavy (non-hydrogen) atoms. The van der Waals surface area contributed by atoms with Crippen LogP contribution in [-0.2, 0) is 10.2 Å². The molecule has 1 saturated carbocycles. The third-order valence-corrected chi connectivity index (χ3v) is 6.77. The van der Waals surface area contributed by atoms with Crippen molar-refractivity contribution in [2.24, 2.45) is 17.8 Å². The minimum absolute atomic E-state index is 0.0448. The number of anilines is 1. The topological polar surface area (TPSA) is 49.3 Å². The van der Waals surface area contributed by atoms with Crippen molar-refractivity contribution in [1.82, 2.24) is 14.9 Å². The zero-order chi connectivity index (χ0) is 19.0. The zero-order valence-electron chi connectivity index (χ0n) is 17.2. The molecular formula is C22H34N4O. The molecular weight excluding hydrogens is 336 g/mol. The quantitative estimate of drug-likeness (QED) is 0.797. The molecule has 2 saturated heterocycles. The molecule has 1 aliphatic carbocycles. The summed E-state index contributed by atoms with van der Waals surface area (Å²) >= 11 is 0. The molecule has 0 aromatic carbocycles. The van der Waals surface area contributed by atoms with Crippen molar-refractivity contribution in [3.05, 3.63) is 18.1 Å². The SMILES string of the molecule is CC(C)(C)c1nccc(N2CCC(C(=O)N3CC4CCCCC4C3)CC2)n1. The average molecular weight is 371 g/mol. The predicted molar refractivity (Wildman–Crippen MR) is 108 cm³/mol. The molecule has 3 aliphatic rings. The van der Waals surface area contributed by atoms with Crippen LogP contribution in [0.2, 0.25) is 0 Å². The van der Waals surface area contributed by atoms with Gasteiger partial charge in [-0.3, -0.25) is 4.79 Å². The highest BCUT2D eigenvalue weighted by atomic mass is 16.2. The monoisotopic (exact) mass is 370 g/mol. The molecule has 0 spiro atoms. The zero-order valence-corrected chi connectivity index (χ0v) is 17.2. The van der Waals surface area contributed by atoms with Crippen molar-refractivity contribution in [2.45, 2.75) is 64.7 Å². The maximum atomic E-state index is 13.1. The Kier molecular flexibility index (Phi) is 5.13. The van der Waals surface area contributed by atoms with Gasteiger partial charge in [-0.1, -0.05) is 33.6 Å². The fourth-order valence-electron chi connectivity index (χ4n) is 5.09. The number of aromatic nitrogens is 2. The van der Waals surface area contributed by atoms with E-state index in [0.717, 1.165) is 62.5 Å². The van der Waals surface area contributed by atoms with Gasteiger partial charge in [0.05, 0.1) is 0 Å².